The van der Waals surface area contributed by atoms with Crippen LogP contribution >= 0.6 is 0 Å². The molecule has 0 bridgehead atoms. The fourth-order valence-electron chi connectivity index (χ4n) is 3.45. The van der Waals surface area contributed by atoms with Crippen molar-refractivity contribution >= 4 is 5.91 Å². The van der Waals surface area contributed by atoms with Crippen LogP contribution in [0, 0.1) is 11.3 Å². The molecule has 0 spiro atoms. The molecule has 2 aromatic carbocycles. The molecule has 0 aliphatic carbocycles. The molecule has 1 atom stereocenters. The van der Waals surface area contributed by atoms with Gasteiger partial charge < -0.3 is 9.64 Å². The zero-order valence-electron chi connectivity index (χ0n) is 14.7. The van der Waals surface area contributed by atoms with Crippen LogP contribution in [0.1, 0.15) is 23.1 Å². The number of hydrogen-bond donors (Lipinski definition) is 0. The number of carbonyl (C=O) groups excluding carboxylic acids is 1. The van der Waals surface area contributed by atoms with Crippen molar-refractivity contribution in [3.8, 4) is 6.07 Å². The average molecular weight is 346 g/mol. The van der Waals surface area contributed by atoms with Crippen LogP contribution < -0.4 is 0 Å². The highest BCUT2D eigenvalue weighted by Gasteiger charge is 2.39. The summed E-state index contributed by atoms with van der Waals surface area (Å²) in [7, 11) is 0. The van der Waals surface area contributed by atoms with Gasteiger partial charge in [-0.1, -0.05) is 49.0 Å². The first-order valence-electron chi connectivity index (χ1n) is 8.70. The monoisotopic (exact) mass is 346 g/mol. The SMILES string of the molecule is C=CC(=O)N(Cc1ccc(C#N)cc1)CC1(c2ccccc2)CCOC1. The second-order valence-corrected chi connectivity index (χ2v) is 6.66. The summed E-state index contributed by atoms with van der Waals surface area (Å²) in [6.07, 6.45) is 2.24. The molecular formula is C22H22N2O2. The van der Waals surface area contributed by atoms with E-state index in [0.717, 1.165) is 12.0 Å². The summed E-state index contributed by atoms with van der Waals surface area (Å²) in [5.74, 6) is -0.100. The van der Waals surface area contributed by atoms with E-state index in [1.807, 2.05) is 35.2 Å². The molecule has 0 radical (unpaired) electrons. The van der Waals surface area contributed by atoms with E-state index in [2.05, 4.69) is 24.8 Å². The fourth-order valence-corrected chi connectivity index (χ4v) is 3.45. The Hall–Kier alpha value is -2.90. The van der Waals surface area contributed by atoms with Gasteiger partial charge in [-0.05, 0) is 35.8 Å². The molecule has 3 rings (SSSR count). The summed E-state index contributed by atoms with van der Waals surface area (Å²) in [5, 5.41) is 8.94. The minimum Gasteiger partial charge on any atom is -0.380 e. The van der Waals surface area contributed by atoms with Crippen molar-refractivity contribution in [3.63, 3.8) is 0 Å². The number of carbonyl (C=O) groups is 1. The molecule has 0 saturated carbocycles. The molecule has 1 unspecified atom stereocenters. The number of amides is 1. The van der Waals surface area contributed by atoms with E-state index in [4.69, 9.17) is 10.00 Å². The lowest BCUT2D eigenvalue weighted by Crippen LogP contribution is -2.43. The zero-order chi connectivity index (χ0) is 18.4. The highest BCUT2D eigenvalue weighted by molar-refractivity contribution is 5.87. The molecular weight excluding hydrogens is 324 g/mol. The lowest BCUT2D eigenvalue weighted by molar-refractivity contribution is -0.127. The third-order valence-electron chi connectivity index (χ3n) is 4.93. The standard InChI is InChI=1S/C22H22N2O2/c1-2-21(25)24(15-19-10-8-18(14-23)9-11-19)16-22(12-13-26-17-22)20-6-4-3-5-7-20/h2-11H,1,12-13,15-17H2. The van der Waals surface area contributed by atoms with Crippen LogP contribution in [0.5, 0.6) is 0 Å². The van der Waals surface area contributed by atoms with Gasteiger partial charge in [0.15, 0.2) is 0 Å². The maximum atomic E-state index is 12.5. The van der Waals surface area contributed by atoms with Crippen LogP contribution in [0.25, 0.3) is 0 Å². The fraction of sp³-hybridized carbons (Fsp3) is 0.273. The van der Waals surface area contributed by atoms with Gasteiger partial charge in [-0.3, -0.25) is 4.79 Å². The van der Waals surface area contributed by atoms with Gasteiger partial charge in [-0.2, -0.15) is 5.26 Å². The van der Waals surface area contributed by atoms with E-state index in [1.54, 1.807) is 12.1 Å². The molecule has 4 nitrogen and oxygen atoms in total. The van der Waals surface area contributed by atoms with Gasteiger partial charge in [-0.15, -0.1) is 0 Å². The first-order chi connectivity index (χ1) is 12.7. The van der Waals surface area contributed by atoms with Crippen LogP contribution in [-0.4, -0.2) is 30.6 Å². The van der Waals surface area contributed by atoms with Crippen LogP contribution in [-0.2, 0) is 21.5 Å². The number of hydrogen-bond acceptors (Lipinski definition) is 3. The van der Waals surface area contributed by atoms with Gasteiger partial charge >= 0.3 is 0 Å². The largest absolute Gasteiger partial charge is 0.380 e. The zero-order valence-corrected chi connectivity index (χ0v) is 14.7. The second kappa shape index (κ2) is 7.99. The number of nitrogens with zero attached hydrogens (tertiary/aromatic N) is 2. The molecule has 4 heteroatoms. The third kappa shape index (κ3) is 3.84. The number of nitriles is 1. The van der Waals surface area contributed by atoms with Crippen molar-refractivity contribution in [3.05, 3.63) is 83.9 Å². The van der Waals surface area contributed by atoms with E-state index in [0.29, 0.717) is 31.9 Å². The van der Waals surface area contributed by atoms with Crippen molar-refractivity contribution in [2.75, 3.05) is 19.8 Å². The smallest absolute Gasteiger partial charge is 0.246 e. The Morgan fingerprint density at radius 2 is 1.96 bits per heavy atom. The summed E-state index contributed by atoms with van der Waals surface area (Å²) in [6, 6.07) is 19.7. The summed E-state index contributed by atoms with van der Waals surface area (Å²) in [5.41, 5.74) is 2.59. The molecule has 1 amide bonds. The second-order valence-electron chi connectivity index (χ2n) is 6.66. The van der Waals surface area contributed by atoms with Gasteiger partial charge in [0.25, 0.3) is 0 Å². The van der Waals surface area contributed by atoms with E-state index < -0.39 is 0 Å². The van der Waals surface area contributed by atoms with Gasteiger partial charge in [0.2, 0.25) is 5.91 Å². The molecule has 1 aliphatic heterocycles. The lowest BCUT2D eigenvalue weighted by Gasteiger charge is -2.34. The average Bonchev–Trinajstić information content (AvgIpc) is 3.18. The molecule has 26 heavy (non-hydrogen) atoms. The van der Waals surface area contributed by atoms with Crippen LogP contribution in [0.15, 0.2) is 67.3 Å². The Balaban J connectivity index is 1.86. The first kappa shape index (κ1) is 17.9. The van der Waals surface area contributed by atoms with Crippen molar-refractivity contribution in [2.45, 2.75) is 18.4 Å². The van der Waals surface area contributed by atoms with Crippen LogP contribution in [0.3, 0.4) is 0 Å². The maximum Gasteiger partial charge on any atom is 0.246 e. The molecule has 1 saturated heterocycles. The Morgan fingerprint density at radius 1 is 1.23 bits per heavy atom. The summed E-state index contributed by atoms with van der Waals surface area (Å²) in [4.78, 5) is 14.3. The first-order valence-corrected chi connectivity index (χ1v) is 8.70. The Bertz CT molecular complexity index is 800. The highest BCUT2D eigenvalue weighted by Crippen LogP contribution is 2.34. The molecule has 0 N–H and O–H groups in total. The minimum absolute atomic E-state index is 0.100. The van der Waals surface area contributed by atoms with E-state index in [9.17, 15) is 4.79 Å². The van der Waals surface area contributed by atoms with E-state index >= 15 is 0 Å². The Morgan fingerprint density at radius 3 is 2.54 bits per heavy atom. The predicted molar refractivity (Wildman–Crippen MR) is 100 cm³/mol. The molecule has 2 aromatic rings. The molecule has 1 fully saturated rings. The van der Waals surface area contributed by atoms with Gasteiger partial charge in [0.05, 0.1) is 18.2 Å². The normalized spacial score (nSPS) is 18.9. The topological polar surface area (TPSA) is 53.3 Å². The molecule has 0 aromatic heterocycles. The predicted octanol–water partition coefficient (Wildman–Crippen LogP) is 3.43. The summed E-state index contributed by atoms with van der Waals surface area (Å²) in [6.45, 7) is 6.00. The van der Waals surface area contributed by atoms with Gasteiger partial charge in [0.1, 0.15) is 0 Å². The van der Waals surface area contributed by atoms with Crippen molar-refractivity contribution in [1.29, 1.82) is 5.26 Å². The van der Waals surface area contributed by atoms with E-state index in [-0.39, 0.29) is 11.3 Å². The number of benzene rings is 2. The van der Waals surface area contributed by atoms with Crippen LogP contribution in [0.2, 0.25) is 0 Å². The third-order valence-corrected chi connectivity index (χ3v) is 4.93. The van der Waals surface area contributed by atoms with Crippen molar-refractivity contribution < 1.29 is 9.53 Å². The number of ether oxygens (including phenoxy) is 1. The quantitative estimate of drug-likeness (QED) is 0.753. The summed E-state index contributed by atoms with van der Waals surface area (Å²) < 4.78 is 5.71. The lowest BCUT2D eigenvalue weighted by atomic mass is 9.79. The van der Waals surface area contributed by atoms with Crippen molar-refractivity contribution in [2.24, 2.45) is 0 Å². The minimum atomic E-state index is -0.202. The number of rotatable bonds is 6. The maximum absolute atomic E-state index is 12.5. The van der Waals surface area contributed by atoms with Crippen LogP contribution in [0.4, 0.5) is 0 Å². The highest BCUT2D eigenvalue weighted by atomic mass is 16.5. The van der Waals surface area contributed by atoms with Gasteiger partial charge in [0, 0.05) is 25.1 Å². The molecule has 132 valence electrons. The molecule has 1 aliphatic rings. The Kier molecular flexibility index (Phi) is 5.50. The Labute approximate surface area is 154 Å². The molecule has 1 heterocycles. The van der Waals surface area contributed by atoms with E-state index in [1.165, 1.54) is 11.6 Å². The van der Waals surface area contributed by atoms with Gasteiger partial charge in [-0.25, -0.2) is 0 Å². The summed E-state index contributed by atoms with van der Waals surface area (Å²) >= 11 is 0. The van der Waals surface area contributed by atoms with Crippen molar-refractivity contribution in [1.82, 2.24) is 4.90 Å².